The number of alkyl halides is 2. The molecule has 1 aromatic heterocycles. The Morgan fingerprint density at radius 1 is 1.02 bits per heavy atom. The van der Waals surface area contributed by atoms with E-state index in [0.717, 1.165) is 11.8 Å². The first-order valence-electron chi connectivity index (χ1n) is 12.9. The highest BCUT2D eigenvalue weighted by Gasteiger charge is 2.39. The Morgan fingerprint density at radius 2 is 1.81 bits per heavy atom. The van der Waals surface area contributed by atoms with E-state index in [4.69, 9.17) is 17.0 Å². The molecule has 15 heteroatoms. The minimum atomic E-state index is -2.84. The molecule has 3 amide bonds. The Hall–Kier alpha value is -5.24. The number of nitrogens with one attached hydrogen (secondary N) is 3. The fourth-order valence-electron chi connectivity index (χ4n) is 4.73. The molecule has 12 nitrogen and oxygen atoms in total. The first-order valence-corrected chi connectivity index (χ1v) is 13.3. The van der Waals surface area contributed by atoms with Gasteiger partial charge in [-0.15, -0.1) is 5.10 Å². The maximum atomic E-state index is 13.7. The van der Waals surface area contributed by atoms with Crippen molar-refractivity contribution in [3.63, 3.8) is 0 Å². The first kappa shape index (κ1) is 29.3. The number of carbonyl (C=O) groups is 3. The fraction of sp³-hybridized carbons (Fsp3) is 0.179. The molecule has 0 spiro atoms. The van der Waals surface area contributed by atoms with Crippen LogP contribution < -0.4 is 15.5 Å². The fourth-order valence-corrected chi connectivity index (χ4v) is 4.90. The first-order chi connectivity index (χ1) is 20.7. The third kappa shape index (κ3) is 6.64. The number of hydrogen-bond acceptors (Lipinski definition) is 8. The molecule has 0 radical (unpaired) electrons. The van der Waals surface area contributed by atoms with Gasteiger partial charge in [0.1, 0.15) is 25.5 Å². The Balaban J connectivity index is 1.42. The number of amides is 3. The molecule has 0 bridgehead atoms. The number of halogens is 3. The van der Waals surface area contributed by atoms with Crippen LogP contribution in [0, 0.1) is 5.41 Å². The van der Waals surface area contributed by atoms with E-state index >= 15 is 0 Å². The lowest BCUT2D eigenvalue weighted by Crippen LogP contribution is -2.60. The van der Waals surface area contributed by atoms with Gasteiger partial charge in [-0.3, -0.25) is 19.3 Å². The lowest BCUT2D eigenvalue weighted by Gasteiger charge is -2.38. The molecular formula is C28H24ClF2N9O3. The van der Waals surface area contributed by atoms with Crippen molar-refractivity contribution in [3.8, 4) is 5.69 Å². The van der Waals surface area contributed by atoms with Gasteiger partial charge in [0.15, 0.2) is 0 Å². The lowest BCUT2D eigenvalue weighted by molar-refractivity contribution is -0.143. The second-order valence-corrected chi connectivity index (χ2v) is 9.91. The molecule has 4 aromatic rings. The van der Waals surface area contributed by atoms with Crippen LogP contribution in [0.5, 0.6) is 0 Å². The minimum Gasteiger partial charge on any atom is -0.329 e. The number of rotatable bonds is 10. The molecule has 0 aliphatic carbocycles. The molecule has 2 heterocycles. The second kappa shape index (κ2) is 12.7. The zero-order chi connectivity index (χ0) is 30.5. The molecule has 1 unspecified atom stereocenters. The van der Waals surface area contributed by atoms with Crippen molar-refractivity contribution in [2.75, 3.05) is 28.6 Å². The Morgan fingerprint density at radius 3 is 2.51 bits per heavy atom. The summed E-state index contributed by atoms with van der Waals surface area (Å²) in [6.07, 6.45) is 2.32. The van der Waals surface area contributed by atoms with Crippen molar-refractivity contribution in [1.29, 1.82) is 5.41 Å². The van der Waals surface area contributed by atoms with Gasteiger partial charge in [-0.05, 0) is 52.4 Å². The molecule has 3 N–H and O–H groups in total. The molecule has 220 valence electrons. The summed E-state index contributed by atoms with van der Waals surface area (Å²) >= 11 is 6.22. The standard InChI is InChI=1S/C28H24ClF2N9O3/c29-19-6-9-22(40-16-33-36-37-40)23(12-19)38-14-26(42)39(15-25(38)41)24(10-17-4-2-1-3-5-17)27(43)34-20-7-8-21(35-28(30)31)18(11-20)13-32/h1-9,11-13,16,24,28,32,35H,10,14-15H2,(H,34,43). The van der Waals surface area contributed by atoms with Crippen LogP contribution in [0.1, 0.15) is 11.1 Å². The van der Waals surface area contributed by atoms with Gasteiger partial charge in [0, 0.05) is 34.6 Å². The molecular weight excluding hydrogens is 584 g/mol. The average Bonchev–Trinajstić information content (AvgIpc) is 3.53. The number of nitrogens with zero attached hydrogens (tertiary/aromatic N) is 6. The molecule has 1 aliphatic rings. The average molecular weight is 608 g/mol. The molecule has 43 heavy (non-hydrogen) atoms. The van der Waals surface area contributed by atoms with Crippen LogP contribution in [-0.2, 0) is 20.8 Å². The van der Waals surface area contributed by atoms with Gasteiger partial charge < -0.3 is 20.9 Å². The van der Waals surface area contributed by atoms with E-state index in [1.807, 2.05) is 11.4 Å². The van der Waals surface area contributed by atoms with Crippen molar-refractivity contribution in [1.82, 2.24) is 25.1 Å². The number of carbonyl (C=O) groups excluding carboxylic acids is 3. The van der Waals surface area contributed by atoms with E-state index in [2.05, 4.69) is 20.8 Å². The summed E-state index contributed by atoms with van der Waals surface area (Å²) in [4.78, 5) is 43.3. The molecule has 5 rings (SSSR count). The van der Waals surface area contributed by atoms with Crippen LogP contribution >= 0.6 is 11.6 Å². The Bertz CT molecular complexity index is 1650. The maximum absolute atomic E-state index is 13.7. The third-order valence-corrected chi connectivity index (χ3v) is 6.97. The molecule has 1 aliphatic heterocycles. The Kier molecular flexibility index (Phi) is 8.66. The number of piperazine rings is 1. The zero-order valence-electron chi connectivity index (χ0n) is 22.3. The summed E-state index contributed by atoms with van der Waals surface area (Å²) in [5.41, 5.74) is 1.86. The summed E-state index contributed by atoms with van der Waals surface area (Å²) in [6, 6.07) is 16.7. The van der Waals surface area contributed by atoms with Crippen molar-refractivity contribution in [2.45, 2.75) is 19.0 Å². The zero-order valence-corrected chi connectivity index (χ0v) is 23.1. The SMILES string of the molecule is N=Cc1cc(NC(=O)C(Cc2ccccc2)N2CC(=O)N(c3cc(Cl)ccc3-n3cnnn3)CC2=O)ccc1NC(F)F. The van der Waals surface area contributed by atoms with Crippen molar-refractivity contribution in [2.24, 2.45) is 0 Å². The van der Waals surface area contributed by atoms with Gasteiger partial charge in [-0.2, -0.15) is 13.5 Å². The molecule has 3 aromatic carbocycles. The van der Waals surface area contributed by atoms with E-state index in [9.17, 15) is 23.2 Å². The van der Waals surface area contributed by atoms with Gasteiger partial charge >= 0.3 is 6.55 Å². The van der Waals surface area contributed by atoms with Crippen molar-refractivity contribution < 1.29 is 23.2 Å². The predicted molar refractivity (Wildman–Crippen MR) is 155 cm³/mol. The summed E-state index contributed by atoms with van der Waals surface area (Å²) in [7, 11) is 0. The van der Waals surface area contributed by atoms with Crippen molar-refractivity contribution in [3.05, 3.63) is 89.2 Å². The number of benzene rings is 3. The largest absolute Gasteiger partial charge is 0.329 e. The van der Waals surface area contributed by atoms with Gasteiger partial charge in [0.25, 0.3) is 0 Å². The van der Waals surface area contributed by atoms with Crippen LogP contribution in [-0.4, -0.2) is 74.7 Å². The lowest BCUT2D eigenvalue weighted by atomic mass is 10.0. The smallest absolute Gasteiger partial charge is 0.312 e. The number of aromatic nitrogens is 4. The predicted octanol–water partition coefficient (Wildman–Crippen LogP) is 3.37. The van der Waals surface area contributed by atoms with E-state index < -0.39 is 36.9 Å². The molecule has 1 atom stereocenters. The third-order valence-electron chi connectivity index (χ3n) is 6.73. The second-order valence-electron chi connectivity index (χ2n) is 9.48. The normalized spacial score (nSPS) is 14.1. The highest BCUT2D eigenvalue weighted by molar-refractivity contribution is 6.31. The van der Waals surface area contributed by atoms with Gasteiger partial charge in [-0.1, -0.05) is 41.9 Å². The monoisotopic (exact) mass is 607 g/mol. The number of anilines is 3. The summed E-state index contributed by atoms with van der Waals surface area (Å²) < 4.78 is 27.0. The summed E-state index contributed by atoms with van der Waals surface area (Å²) in [5.74, 6) is -1.55. The van der Waals surface area contributed by atoms with E-state index in [1.54, 1.807) is 36.4 Å². The summed E-state index contributed by atoms with van der Waals surface area (Å²) in [5, 5.41) is 23.7. The topological polar surface area (TPSA) is 149 Å². The van der Waals surface area contributed by atoms with E-state index in [0.29, 0.717) is 16.4 Å². The van der Waals surface area contributed by atoms with Gasteiger partial charge in [0.2, 0.25) is 17.7 Å². The molecule has 1 saturated heterocycles. The molecule has 0 saturated carbocycles. The Labute approximate surface area is 248 Å². The quantitative estimate of drug-likeness (QED) is 0.185. The van der Waals surface area contributed by atoms with E-state index in [-0.39, 0.29) is 29.9 Å². The highest BCUT2D eigenvalue weighted by atomic mass is 35.5. The van der Waals surface area contributed by atoms with Crippen LogP contribution in [0.15, 0.2) is 73.1 Å². The van der Waals surface area contributed by atoms with Gasteiger partial charge in [-0.25, -0.2) is 0 Å². The number of hydrogen-bond donors (Lipinski definition) is 3. The summed E-state index contributed by atoms with van der Waals surface area (Å²) in [6.45, 7) is -3.62. The van der Waals surface area contributed by atoms with E-state index in [1.165, 1.54) is 45.1 Å². The van der Waals surface area contributed by atoms with Crippen LogP contribution in [0.2, 0.25) is 5.02 Å². The highest BCUT2D eigenvalue weighted by Crippen LogP contribution is 2.30. The maximum Gasteiger partial charge on any atom is 0.312 e. The van der Waals surface area contributed by atoms with Crippen LogP contribution in [0.25, 0.3) is 5.69 Å². The van der Waals surface area contributed by atoms with Crippen LogP contribution in [0.3, 0.4) is 0 Å². The molecule has 1 fully saturated rings. The van der Waals surface area contributed by atoms with Crippen LogP contribution in [0.4, 0.5) is 25.8 Å². The van der Waals surface area contributed by atoms with Gasteiger partial charge in [0.05, 0.1) is 11.4 Å². The van der Waals surface area contributed by atoms with Crippen molar-refractivity contribution >= 4 is 52.6 Å². The minimum absolute atomic E-state index is 0.0165. The number of tetrazole rings is 1.